The van der Waals surface area contributed by atoms with E-state index >= 15 is 0 Å². The molecule has 13 aromatic carbocycles. The third kappa shape index (κ3) is 16.1. The standard InChI is InChI=1S/C113H121BN4/c1-107(2,3)66-73-34-30-38-78(54-73)90-64-100(92(60-82(90)71-112(16,17)18)80-40-32-36-75(56-80)68-109(7,8)9)117-102-62-84(115-96-46-26-22-42-86(96)87-43-23-27-47-97(87)115)50-52-94(102)114-95-53-51-85(116-98-48-28-24-44-88(98)89-45-25-29-49-99(89)116)63-103(95)118(105-59-77(70-111(13,14)15)58-104(117)106(105)114)101-65-91(79-39-31-35-74(55-79)67-108(4,5)6)83(72-113(19,20)21)61-93(101)81-41-33-37-76(57-81)69-110(10,11)12/h22-65H,66-72H2,1-21H3/i22D,23D,24D,25D,26D,27D,28D,29D,42D,43D,44D,45D,46D,47D,48D,49D,70D2. The predicted molar refractivity (Wildman–Crippen MR) is 513 cm³/mol. The topological polar surface area (TPSA) is 16.3 Å². The fourth-order valence-corrected chi connectivity index (χ4v) is 18.5. The van der Waals surface area contributed by atoms with Crippen LogP contribution in [0.25, 0.3) is 99.5 Å². The van der Waals surface area contributed by atoms with Gasteiger partial charge in [0.1, 0.15) is 0 Å². The van der Waals surface area contributed by atoms with Crippen LogP contribution in [-0.4, -0.2) is 15.8 Å². The van der Waals surface area contributed by atoms with Crippen LogP contribution in [0, 0.1) is 37.9 Å². The van der Waals surface area contributed by atoms with Crippen molar-refractivity contribution in [3.63, 3.8) is 0 Å². The number of anilines is 6. The molecule has 0 aliphatic carbocycles. The lowest BCUT2D eigenvalue weighted by molar-refractivity contribution is 0.410. The van der Waals surface area contributed by atoms with Gasteiger partial charge in [-0.2, -0.15) is 0 Å². The Kier molecular flexibility index (Phi) is 15.2. The van der Waals surface area contributed by atoms with E-state index in [4.69, 9.17) is 0 Å². The summed E-state index contributed by atoms with van der Waals surface area (Å²) in [5.41, 5.74) is 17.5. The van der Waals surface area contributed by atoms with E-state index in [9.17, 15) is 24.7 Å². The number of fused-ring (bicyclic) bond motifs is 10. The molecule has 0 unspecified atom stereocenters. The summed E-state index contributed by atoms with van der Waals surface area (Å²) in [5.74, 6) is 0. The summed E-state index contributed by atoms with van der Waals surface area (Å²) >= 11 is 0. The molecule has 2 aliphatic rings. The van der Waals surface area contributed by atoms with E-state index in [0.717, 1.165) is 96.2 Å². The number of benzene rings is 13. The Morgan fingerprint density at radius 2 is 0.568 bits per heavy atom. The van der Waals surface area contributed by atoms with E-state index in [2.05, 4.69) is 256 Å². The molecule has 15 aromatic rings. The second-order valence-corrected chi connectivity index (χ2v) is 41.7. The van der Waals surface area contributed by atoms with Crippen LogP contribution in [0.1, 0.15) is 209 Å². The number of aromatic nitrogens is 2. The van der Waals surface area contributed by atoms with E-state index < -0.39 is 115 Å². The third-order valence-corrected chi connectivity index (χ3v) is 22.4. The van der Waals surface area contributed by atoms with Gasteiger partial charge in [-0.25, -0.2) is 0 Å². The molecule has 0 bridgehead atoms. The number of hydrogen-bond donors (Lipinski definition) is 0. The highest BCUT2D eigenvalue weighted by molar-refractivity contribution is 7.00. The molecular weight excluding hydrogens is 1420 g/mol. The number of rotatable bonds is 15. The lowest BCUT2D eigenvalue weighted by atomic mass is 9.33. The molecule has 4 nitrogen and oxygen atoms in total. The molecule has 0 fully saturated rings. The van der Waals surface area contributed by atoms with Crippen molar-refractivity contribution in [3.05, 3.63) is 305 Å². The monoisotopic (exact) mass is 1560 g/mol. The Morgan fingerprint density at radius 3 is 0.864 bits per heavy atom. The van der Waals surface area contributed by atoms with Gasteiger partial charge in [0.25, 0.3) is 6.71 Å². The van der Waals surface area contributed by atoms with Gasteiger partial charge >= 0.3 is 0 Å². The fraction of sp³-hybridized carbons (Fsp3) is 0.310. The first-order chi connectivity index (χ1) is 63.2. The fourth-order valence-electron chi connectivity index (χ4n) is 18.5. The zero-order valence-corrected chi connectivity index (χ0v) is 72.8. The van der Waals surface area contributed by atoms with Crippen LogP contribution in [-0.2, 0) is 44.9 Å². The first kappa shape index (κ1) is 60.6. The summed E-state index contributed by atoms with van der Waals surface area (Å²) in [5, 5.41) is -0.404. The van der Waals surface area contributed by atoms with Gasteiger partial charge in [0, 0.05) is 69.5 Å². The average Bonchev–Trinajstić information content (AvgIpc) is 0.898. The maximum absolute atomic E-state index is 11.2. The Hall–Kier alpha value is -10.9. The largest absolute Gasteiger partial charge is 0.311 e. The van der Waals surface area contributed by atoms with Gasteiger partial charge in [-0.3, -0.25) is 0 Å². The first-order valence-electron chi connectivity index (χ1n) is 51.0. The van der Waals surface area contributed by atoms with Crippen molar-refractivity contribution in [1.29, 1.82) is 0 Å². The molecule has 0 radical (unpaired) electrons. The predicted octanol–water partition coefficient (Wildman–Crippen LogP) is 29.8. The molecule has 0 amide bonds. The quantitative estimate of drug-likeness (QED) is 0.0951. The highest BCUT2D eigenvalue weighted by Crippen LogP contribution is 2.54. The number of hydrogen-bond acceptors (Lipinski definition) is 2. The second kappa shape index (κ2) is 29.6. The molecule has 0 atom stereocenters. The highest BCUT2D eigenvalue weighted by atomic mass is 15.2. The zero-order valence-electron chi connectivity index (χ0n) is 90.8. The van der Waals surface area contributed by atoms with Gasteiger partial charge in [-0.1, -0.05) is 327 Å². The van der Waals surface area contributed by atoms with E-state index in [-0.39, 0.29) is 93.0 Å². The van der Waals surface area contributed by atoms with Gasteiger partial charge in [-0.15, -0.1) is 0 Å². The van der Waals surface area contributed by atoms with E-state index in [1.54, 1.807) is 9.13 Å². The summed E-state index contributed by atoms with van der Waals surface area (Å²) < 4.78 is 179. The van der Waals surface area contributed by atoms with Crippen LogP contribution in [0.5, 0.6) is 0 Å². The summed E-state index contributed by atoms with van der Waals surface area (Å²) in [7, 11) is 0. The summed E-state index contributed by atoms with van der Waals surface area (Å²) in [6.45, 7) is 45.1. The molecule has 0 saturated heterocycles. The van der Waals surface area contributed by atoms with Crippen molar-refractivity contribution in [3.8, 4) is 55.9 Å². The van der Waals surface area contributed by atoms with E-state index in [1.165, 1.54) is 0 Å². The molecular formula is C113H121BN4. The van der Waals surface area contributed by atoms with Crippen molar-refractivity contribution in [1.82, 2.24) is 9.13 Å². The molecule has 2 aromatic heterocycles. The van der Waals surface area contributed by atoms with Crippen LogP contribution in [0.3, 0.4) is 0 Å². The van der Waals surface area contributed by atoms with Gasteiger partial charge < -0.3 is 18.9 Å². The summed E-state index contributed by atoms with van der Waals surface area (Å²) in [6.07, 6.45) is 1.99. The molecule has 0 spiro atoms. The van der Waals surface area contributed by atoms with Crippen molar-refractivity contribution in [2.75, 3.05) is 9.80 Å². The van der Waals surface area contributed by atoms with Crippen LogP contribution in [0.4, 0.5) is 34.1 Å². The maximum Gasteiger partial charge on any atom is 0.252 e. The molecule has 0 saturated carbocycles. The lowest BCUT2D eigenvalue weighted by Crippen LogP contribution is -2.61. The smallest absolute Gasteiger partial charge is 0.252 e. The minimum Gasteiger partial charge on any atom is -0.311 e. The Bertz CT molecular complexity index is 6950. The van der Waals surface area contributed by atoms with Crippen LogP contribution < -0.4 is 26.2 Å². The maximum atomic E-state index is 11.2. The summed E-state index contributed by atoms with van der Waals surface area (Å²) in [6, 6.07) is 51.4. The molecule has 5 heteroatoms. The van der Waals surface area contributed by atoms with Crippen molar-refractivity contribution >= 4 is 101 Å². The molecule has 118 heavy (non-hydrogen) atoms. The Morgan fingerprint density at radius 1 is 0.271 bits per heavy atom. The SMILES string of the molecule is [2H]c1c([2H])c([2H])c2c(c1[2H])c1c([2H])c([2H])c([2H])c([2H])c1n2-c1ccc2c(c1)N(c1cc(-c3cccc(CC(C)(C)C)c3)c(CC(C)(C)C)cc1-c1cccc(CC(C)(C)C)c1)c1cc(C([2H])([2H])C(C)(C)C)cc3c1B2c1ccc(-n2c4c([2H])c([2H])c([2H])c([2H])c4c4c([2H])c([2H])c([2H])c([2H])c42)cc1N3c1cc(-c2cccc(CC(C)(C)C)c2)c(CC(C)(C)C)cc1-c1cccc(CC(C)(C)C)c1. The molecule has 4 heterocycles. The minimum absolute atomic E-state index is 0.0847. The number of nitrogens with zero attached hydrogens (tertiary/aromatic N) is 4. The van der Waals surface area contributed by atoms with E-state index in [1.807, 2.05) is 69.3 Å². The summed E-state index contributed by atoms with van der Waals surface area (Å²) in [4.78, 5) is 4.52. The van der Waals surface area contributed by atoms with Gasteiger partial charge in [0.15, 0.2) is 0 Å². The van der Waals surface area contributed by atoms with Crippen LogP contribution in [0.2, 0.25) is 0 Å². The normalized spacial score (nSPS) is 15.8. The van der Waals surface area contributed by atoms with Crippen molar-refractivity contribution < 1.29 is 24.7 Å². The Balaban J connectivity index is 1.13. The molecule has 17 rings (SSSR count). The second-order valence-electron chi connectivity index (χ2n) is 41.7. The van der Waals surface area contributed by atoms with Crippen molar-refractivity contribution in [2.45, 2.75) is 190 Å². The van der Waals surface area contributed by atoms with E-state index in [0.29, 0.717) is 70.7 Å². The first-order valence-corrected chi connectivity index (χ1v) is 42.0. The third-order valence-electron chi connectivity index (χ3n) is 22.4. The zero-order chi connectivity index (χ0) is 98.8. The molecule has 0 N–H and O–H groups in total. The van der Waals surface area contributed by atoms with Crippen LogP contribution >= 0.6 is 0 Å². The lowest BCUT2D eigenvalue weighted by Gasteiger charge is -2.46. The Labute approximate surface area is 730 Å². The average molecular weight is 1560 g/mol. The number of para-hydroxylation sites is 4. The highest BCUT2D eigenvalue weighted by Gasteiger charge is 2.46. The minimum atomic E-state index is -2.22. The van der Waals surface area contributed by atoms with Gasteiger partial charge in [0.2, 0.25) is 0 Å². The van der Waals surface area contributed by atoms with Crippen molar-refractivity contribution in [2.24, 2.45) is 37.9 Å². The van der Waals surface area contributed by atoms with Gasteiger partial charge in [-0.05, 0) is 256 Å². The molecule has 596 valence electrons. The molecule has 2 aliphatic heterocycles. The van der Waals surface area contributed by atoms with Gasteiger partial charge in [0.05, 0.1) is 55.4 Å². The van der Waals surface area contributed by atoms with Crippen LogP contribution in [0.15, 0.2) is 267 Å².